The first-order valence-electron chi connectivity index (χ1n) is 8.36. The first kappa shape index (κ1) is 17.6. The topological polar surface area (TPSA) is 59.6 Å². The molecule has 1 aromatic carbocycles. The Balaban J connectivity index is 1.73. The summed E-state index contributed by atoms with van der Waals surface area (Å²) in [6.45, 7) is 3.78. The second-order valence-corrected chi connectivity index (χ2v) is 6.16. The molecule has 5 nitrogen and oxygen atoms in total. The summed E-state index contributed by atoms with van der Waals surface area (Å²) in [6.07, 6.45) is 3.69. The smallest absolute Gasteiger partial charge is 0.223 e. The van der Waals surface area contributed by atoms with Crippen LogP contribution in [0.15, 0.2) is 18.2 Å². The quantitative estimate of drug-likeness (QED) is 0.756. The molecule has 2 atom stereocenters. The minimum absolute atomic E-state index is 0.160. The third-order valence-electron chi connectivity index (χ3n) is 4.38. The van der Waals surface area contributed by atoms with Gasteiger partial charge in [0.1, 0.15) is 0 Å². The van der Waals surface area contributed by atoms with Crippen molar-refractivity contribution in [3.05, 3.63) is 23.8 Å². The van der Waals surface area contributed by atoms with Crippen LogP contribution in [-0.4, -0.2) is 39.3 Å². The van der Waals surface area contributed by atoms with Crippen LogP contribution in [0, 0.1) is 5.92 Å². The fraction of sp³-hybridized carbons (Fsp3) is 0.611. The summed E-state index contributed by atoms with van der Waals surface area (Å²) in [4.78, 5) is 12.2. The number of carbonyl (C=O) groups is 1. The summed E-state index contributed by atoms with van der Waals surface area (Å²) in [6, 6.07) is 6.39. The lowest BCUT2D eigenvalue weighted by Gasteiger charge is -2.27. The summed E-state index contributed by atoms with van der Waals surface area (Å²) in [7, 11) is 3.27. The Bertz CT molecular complexity index is 519. The van der Waals surface area contributed by atoms with Crippen molar-refractivity contribution in [2.45, 2.75) is 38.6 Å². The van der Waals surface area contributed by atoms with Gasteiger partial charge in [-0.1, -0.05) is 6.07 Å². The molecule has 5 heteroatoms. The SMILES string of the molecule is COc1ccc(CCCNC(=O)[C@H]2CCN[C@@H](C)C2)cc1OC. The van der Waals surface area contributed by atoms with E-state index < -0.39 is 0 Å². The molecule has 1 saturated heterocycles. The van der Waals surface area contributed by atoms with Crippen molar-refractivity contribution >= 4 is 5.91 Å². The Morgan fingerprint density at radius 3 is 2.78 bits per heavy atom. The minimum atomic E-state index is 0.160. The molecule has 2 rings (SSSR count). The Morgan fingerprint density at radius 1 is 1.30 bits per heavy atom. The number of hydrogen-bond donors (Lipinski definition) is 2. The number of aryl methyl sites for hydroxylation is 1. The average Bonchev–Trinajstić information content (AvgIpc) is 2.58. The molecular formula is C18H28N2O3. The van der Waals surface area contributed by atoms with E-state index in [1.54, 1.807) is 14.2 Å². The Morgan fingerprint density at radius 2 is 2.09 bits per heavy atom. The van der Waals surface area contributed by atoms with Crippen molar-refractivity contribution in [3.63, 3.8) is 0 Å². The molecule has 0 unspecified atom stereocenters. The molecule has 0 saturated carbocycles. The molecule has 0 aliphatic carbocycles. The van der Waals surface area contributed by atoms with Gasteiger partial charge in [-0.05, 0) is 56.8 Å². The maximum absolute atomic E-state index is 12.2. The van der Waals surface area contributed by atoms with Gasteiger partial charge in [-0.2, -0.15) is 0 Å². The van der Waals surface area contributed by atoms with Crippen LogP contribution in [0.5, 0.6) is 11.5 Å². The third-order valence-corrected chi connectivity index (χ3v) is 4.38. The summed E-state index contributed by atoms with van der Waals surface area (Å²) >= 11 is 0. The molecule has 0 bridgehead atoms. The first-order chi connectivity index (χ1) is 11.1. The van der Waals surface area contributed by atoms with Crippen LogP contribution in [0.3, 0.4) is 0 Å². The Kier molecular flexibility index (Phi) is 6.71. The zero-order chi connectivity index (χ0) is 16.7. The molecule has 1 fully saturated rings. The summed E-state index contributed by atoms with van der Waals surface area (Å²) in [5, 5.41) is 6.45. The predicted molar refractivity (Wildman–Crippen MR) is 91.1 cm³/mol. The molecule has 1 amide bonds. The van der Waals surface area contributed by atoms with E-state index in [9.17, 15) is 4.79 Å². The predicted octanol–water partition coefficient (Wildman–Crippen LogP) is 2.14. The van der Waals surface area contributed by atoms with Gasteiger partial charge in [-0.25, -0.2) is 0 Å². The number of methoxy groups -OCH3 is 2. The van der Waals surface area contributed by atoms with E-state index in [1.807, 2.05) is 18.2 Å². The highest BCUT2D eigenvalue weighted by molar-refractivity contribution is 5.78. The highest BCUT2D eigenvalue weighted by atomic mass is 16.5. The van der Waals surface area contributed by atoms with Crippen molar-refractivity contribution in [1.29, 1.82) is 0 Å². The lowest BCUT2D eigenvalue weighted by atomic mass is 9.92. The molecule has 128 valence electrons. The van der Waals surface area contributed by atoms with Crippen LogP contribution in [0.2, 0.25) is 0 Å². The zero-order valence-corrected chi connectivity index (χ0v) is 14.4. The number of amides is 1. The molecule has 1 aliphatic heterocycles. The molecule has 0 spiro atoms. The number of piperidine rings is 1. The summed E-state index contributed by atoms with van der Waals surface area (Å²) < 4.78 is 10.5. The van der Waals surface area contributed by atoms with Crippen LogP contribution < -0.4 is 20.1 Å². The highest BCUT2D eigenvalue weighted by Gasteiger charge is 2.24. The van der Waals surface area contributed by atoms with Crippen LogP contribution in [0.1, 0.15) is 31.7 Å². The maximum Gasteiger partial charge on any atom is 0.223 e. The third kappa shape index (κ3) is 5.13. The molecule has 0 aromatic heterocycles. The van der Waals surface area contributed by atoms with E-state index in [-0.39, 0.29) is 11.8 Å². The zero-order valence-electron chi connectivity index (χ0n) is 14.4. The fourth-order valence-electron chi connectivity index (χ4n) is 3.05. The molecular weight excluding hydrogens is 292 g/mol. The van der Waals surface area contributed by atoms with Gasteiger partial charge in [0.05, 0.1) is 14.2 Å². The van der Waals surface area contributed by atoms with Crippen molar-refractivity contribution in [2.24, 2.45) is 5.92 Å². The van der Waals surface area contributed by atoms with E-state index in [2.05, 4.69) is 17.6 Å². The van der Waals surface area contributed by atoms with Crippen LogP contribution in [0.25, 0.3) is 0 Å². The average molecular weight is 320 g/mol. The molecule has 1 aromatic rings. The van der Waals surface area contributed by atoms with Gasteiger partial charge >= 0.3 is 0 Å². The summed E-state index contributed by atoms with van der Waals surface area (Å²) in [5.74, 6) is 1.85. The number of ether oxygens (including phenoxy) is 2. The number of benzene rings is 1. The van der Waals surface area contributed by atoms with Crippen molar-refractivity contribution in [1.82, 2.24) is 10.6 Å². The van der Waals surface area contributed by atoms with Crippen molar-refractivity contribution in [2.75, 3.05) is 27.3 Å². The van der Waals surface area contributed by atoms with Gasteiger partial charge in [-0.3, -0.25) is 4.79 Å². The molecule has 1 heterocycles. The van der Waals surface area contributed by atoms with Crippen LogP contribution in [0.4, 0.5) is 0 Å². The molecule has 0 radical (unpaired) electrons. The standard InChI is InChI=1S/C18H28N2O3/c1-13-11-15(8-10-19-13)18(21)20-9-4-5-14-6-7-16(22-2)17(12-14)23-3/h6-7,12-13,15,19H,4-5,8-11H2,1-3H3,(H,20,21)/t13-,15-/m0/s1. The van der Waals surface area contributed by atoms with Gasteiger partial charge in [0.2, 0.25) is 5.91 Å². The van der Waals surface area contributed by atoms with E-state index in [0.717, 1.165) is 43.7 Å². The number of nitrogens with one attached hydrogen (secondary N) is 2. The fourth-order valence-corrected chi connectivity index (χ4v) is 3.05. The monoisotopic (exact) mass is 320 g/mol. The van der Waals surface area contributed by atoms with Gasteiger partial charge in [-0.15, -0.1) is 0 Å². The second-order valence-electron chi connectivity index (χ2n) is 6.16. The van der Waals surface area contributed by atoms with Crippen LogP contribution in [-0.2, 0) is 11.2 Å². The van der Waals surface area contributed by atoms with Crippen LogP contribution >= 0.6 is 0 Å². The van der Waals surface area contributed by atoms with Gasteiger partial charge in [0.15, 0.2) is 11.5 Å². The second kappa shape index (κ2) is 8.77. The minimum Gasteiger partial charge on any atom is -0.493 e. The maximum atomic E-state index is 12.2. The van der Waals surface area contributed by atoms with Gasteiger partial charge < -0.3 is 20.1 Å². The van der Waals surface area contributed by atoms with E-state index in [0.29, 0.717) is 12.6 Å². The lowest BCUT2D eigenvalue weighted by molar-refractivity contribution is -0.126. The van der Waals surface area contributed by atoms with Crippen molar-refractivity contribution < 1.29 is 14.3 Å². The Hall–Kier alpha value is -1.75. The Labute approximate surface area is 138 Å². The molecule has 1 aliphatic rings. The van der Waals surface area contributed by atoms with Gasteiger partial charge in [0, 0.05) is 18.5 Å². The van der Waals surface area contributed by atoms with Crippen molar-refractivity contribution in [3.8, 4) is 11.5 Å². The summed E-state index contributed by atoms with van der Waals surface area (Å²) in [5.41, 5.74) is 1.19. The van der Waals surface area contributed by atoms with Gasteiger partial charge in [0.25, 0.3) is 0 Å². The van der Waals surface area contributed by atoms with E-state index >= 15 is 0 Å². The number of hydrogen-bond acceptors (Lipinski definition) is 4. The largest absolute Gasteiger partial charge is 0.493 e. The molecule has 2 N–H and O–H groups in total. The normalized spacial score (nSPS) is 20.8. The number of rotatable bonds is 7. The highest BCUT2D eigenvalue weighted by Crippen LogP contribution is 2.27. The first-order valence-corrected chi connectivity index (χ1v) is 8.36. The van der Waals surface area contributed by atoms with E-state index in [1.165, 1.54) is 5.56 Å². The molecule has 23 heavy (non-hydrogen) atoms. The van der Waals surface area contributed by atoms with E-state index in [4.69, 9.17) is 9.47 Å². The lowest BCUT2D eigenvalue weighted by Crippen LogP contribution is -2.42. The number of carbonyl (C=O) groups excluding carboxylic acids is 1.